The molecule has 0 saturated carbocycles. The number of rotatable bonds is 3. The van der Waals surface area contributed by atoms with Gasteiger partial charge >= 0.3 is 5.97 Å². The predicted molar refractivity (Wildman–Crippen MR) is 116 cm³/mol. The number of fused-ring (bicyclic) bond motifs is 1. The molecule has 1 aliphatic carbocycles. The van der Waals surface area contributed by atoms with Crippen LogP contribution in [0.25, 0.3) is 11.1 Å². The number of nitrogens with zero attached hydrogens (tertiary/aromatic N) is 3. The van der Waals surface area contributed by atoms with Crippen LogP contribution in [0.5, 0.6) is 0 Å². The van der Waals surface area contributed by atoms with Gasteiger partial charge in [-0.25, -0.2) is 4.79 Å². The molecule has 0 saturated heterocycles. The Morgan fingerprint density at radius 3 is 2.29 bits per heavy atom. The maximum atomic E-state index is 12.1. The molecule has 0 spiro atoms. The summed E-state index contributed by atoms with van der Waals surface area (Å²) >= 11 is 0. The van der Waals surface area contributed by atoms with Crippen LogP contribution in [-0.4, -0.2) is 36.1 Å². The van der Waals surface area contributed by atoms with Crippen LogP contribution in [0.15, 0.2) is 77.5 Å². The lowest BCUT2D eigenvalue weighted by Crippen LogP contribution is -2.48. The minimum absolute atomic E-state index is 0.0987. The number of nitriles is 2. The van der Waals surface area contributed by atoms with E-state index in [4.69, 9.17) is 5.73 Å². The third-order valence-electron chi connectivity index (χ3n) is 6.33. The summed E-state index contributed by atoms with van der Waals surface area (Å²) in [6.07, 6.45) is 1.86. The minimum atomic E-state index is -1.76. The quantitative estimate of drug-likeness (QED) is 0.803. The molecule has 6 heteroatoms. The van der Waals surface area contributed by atoms with Gasteiger partial charge in [-0.15, -0.1) is 0 Å². The Hall–Kier alpha value is -3.87. The molecule has 2 atom stereocenters. The number of nitrogens with two attached hydrogens (primary N) is 1. The lowest BCUT2D eigenvalue weighted by atomic mass is 9.58. The molecule has 154 valence electrons. The highest BCUT2D eigenvalue weighted by Gasteiger charge is 2.55. The van der Waals surface area contributed by atoms with Crippen molar-refractivity contribution in [1.29, 1.82) is 10.5 Å². The average Bonchev–Trinajstić information content (AvgIpc) is 2.79. The van der Waals surface area contributed by atoms with Crippen molar-refractivity contribution in [1.82, 2.24) is 4.90 Å². The van der Waals surface area contributed by atoms with Gasteiger partial charge in [0.1, 0.15) is 0 Å². The number of hydrogen-bond acceptors (Lipinski definition) is 5. The Bertz CT molecular complexity index is 1150. The van der Waals surface area contributed by atoms with E-state index in [2.05, 4.69) is 17.0 Å². The van der Waals surface area contributed by atoms with Gasteiger partial charge in [0.25, 0.3) is 0 Å². The van der Waals surface area contributed by atoms with Crippen molar-refractivity contribution in [2.24, 2.45) is 17.1 Å². The highest BCUT2D eigenvalue weighted by atomic mass is 16.4. The second-order valence-corrected chi connectivity index (χ2v) is 8.08. The van der Waals surface area contributed by atoms with E-state index >= 15 is 0 Å². The summed E-state index contributed by atoms with van der Waals surface area (Å²) in [5.74, 6) is -2.12. The zero-order chi connectivity index (χ0) is 22.2. The molecule has 1 aliphatic heterocycles. The molecular weight excluding hydrogens is 388 g/mol. The van der Waals surface area contributed by atoms with Gasteiger partial charge in [0.2, 0.25) is 0 Å². The van der Waals surface area contributed by atoms with E-state index in [1.165, 1.54) is 0 Å². The summed E-state index contributed by atoms with van der Waals surface area (Å²) in [6.45, 7) is 1.12. The lowest BCUT2D eigenvalue weighted by molar-refractivity contribution is -0.132. The van der Waals surface area contributed by atoms with Gasteiger partial charge in [-0.05, 0) is 29.3 Å². The molecule has 0 unspecified atom stereocenters. The van der Waals surface area contributed by atoms with Gasteiger partial charge < -0.3 is 15.7 Å². The smallest absolute Gasteiger partial charge is 0.337 e. The Labute approximate surface area is 181 Å². The van der Waals surface area contributed by atoms with Gasteiger partial charge in [-0.1, -0.05) is 60.7 Å². The first-order valence-electron chi connectivity index (χ1n) is 10.0. The van der Waals surface area contributed by atoms with Crippen molar-refractivity contribution < 1.29 is 9.90 Å². The summed E-state index contributed by atoms with van der Waals surface area (Å²) in [5, 5.41) is 30.1. The van der Waals surface area contributed by atoms with Crippen molar-refractivity contribution in [2.75, 3.05) is 20.1 Å². The van der Waals surface area contributed by atoms with Crippen LogP contribution in [0.3, 0.4) is 0 Å². The maximum Gasteiger partial charge on any atom is 0.337 e. The van der Waals surface area contributed by atoms with Crippen LogP contribution >= 0.6 is 0 Å². The van der Waals surface area contributed by atoms with Crippen molar-refractivity contribution in [3.05, 3.63) is 83.1 Å². The molecule has 2 aromatic carbocycles. The minimum Gasteiger partial charge on any atom is -0.478 e. The zero-order valence-electron chi connectivity index (χ0n) is 17.1. The van der Waals surface area contributed by atoms with Crippen molar-refractivity contribution >= 4 is 5.97 Å². The van der Waals surface area contributed by atoms with E-state index in [1.807, 2.05) is 67.7 Å². The normalized spacial score (nSPS) is 22.6. The van der Waals surface area contributed by atoms with Crippen molar-refractivity contribution in [3.63, 3.8) is 0 Å². The highest BCUT2D eigenvalue weighted by Crippen LogP contribution is 2.54. The van der Waals surface area contributed by atoms with Crippen LogP contribution in [-0.2, 0) is 4.79 Å². The second-order valence-electron chi connectivity index (χ2n) is 8.08. The standard InChI is InChI=1S/C25H22N4O2/c1-29-12-11-19-20(13-29)22(25(14-26,15-27)23(28)21(19)24(30)31)18-9-7-17(8-10-18)16-5-3-2-4-6-16/h2-11,20,22H,12-13,28H2,1H3,(H,30,31)/t20-,22+/m1/s1. The second kappa shape index (κ2) is 7.75. The summed E-state index contributed by atoms with van der Waals surface area (Å²) < 4.78 is 0. The van der Waals surface area contributed by atoms with Crippen LogP contribution in [0.4, 0.5) is 0 Å². The molecule has 0 fully saturated rings. The van der Waals surface area contributed by atoms with E-state index < -0.39 is 17.3 Å². The molecule has 2 aliphatic rings. The van der Waals surface area contributed by atoms with E-state index in [-0.39, 0.29) is 17.2 Å². The molecule has 0 radical (unpaired) electrons. The number of carboxylic acid groups (broad SMARTS) is 1. The Morgan fingerprint density at radius 2 is 1.71 bits per heavy atom. The molecule has 4 rings (SSSR count). The van der Waals surface area contributed by atoms with E-state index in [1.54, 1.807) is 0 Å². The van der Waals surface area contributed by atoms with Crippen molar-refractivity contribution in [2.45, 2.75) is 5.92 Å². The maximum absolute atomic E-state index is 12.1. The third-order valence-corrected chi connectivity index (χ3v) is 6.33. The fourth-order valence-corrected chi connectivity index (χ4v) is 4.83. The number of carbonyl (C=O) groups is 1. The van der Waals surface area contributed by atoms with Crippen LogP contribution in [0, 0.1) is 34.0 Å². The predicted octanol–water partition coefficient (Wildman–Crippen LogP) is 3.27. The zero-order valence-corrected chi connectivity index (χ0v) is 17.1. The molecule has 0 amide bonds. The summed E-state index contributed by atoms with van der Waals surface area (Å²) in [6, 6.07) is 21.9. The van der Waals surface area contributed by atoms with E-state index in [0.29, 0.717) is 18.7 Å². The van der Waals surface area contributed by atoms with E-state index in [9.17, 15) is 20.4 Å². The number of likely N-dealkylation sites (N-methyl/N-ethyl adjacent to an activating group) is 1. The molecule has 0 bridgehead atoms. The number of hydrogen-bond donors (Lipinski definition) is 2. The van der Waals surface area contributed by atoms with Gasteiger partial charge in [-0.2, -0.15) is 10.5 Å². The van der Waals surface area contributed by atoms with Crippen molar-refractivity contribution in [3.8, 4) is 23.3 Å². The fraction of sp³-hybridized carbons (Fsp3) is 0.240. The van der Waals surface area contributed by atoms with Gasteiger partial charge in [0.15, 0.2) is 5.41 Å². The number of carboxylic acids is 1. The summed E-state index contributed by atoms with van der Waals surface area (Å²) in [7, 11) is 1.94. The first-order valence-corrected chi connectivity index (χ1v) is 10.0. The SMILES string of the molecule is CN1CC=C2C(C(=O)O)=C(N)C(C#N)(C#N)[C@@H](c3ccc(-c4ccccc4)cc3)[C@@H]2C1. The number of allylic oxidation sites excluding steroid dienone is 1. The molecule has 31 heavy (non-hydrogen) atoms. The van der Waals surface area contributed by atoms with Crippen LogP contribution in [0.1, 0.15) is 11.5 Å². The van der Waals surface area contributed by atoms with Gasteiger partial charge in [0.05, 0.1) is 23.4 Å². The average molecular weight is 410 g/mol. The Kier molecular flexibility index (Phi) is 5.10. The molecule has 6 nitrogen and oxygen atoms in total. The van der Waals surface area contributed by atoms with Crippen LogP contribution < -0.4 is 5.73 Å². The van der Waals surface area contributed by atoms with E-state index in [0.717, 1.165) is 16.7 Å². The molecule has 0 aromatic heterocycles. The van der Waals surface area contributed by atoms with Crippen LogP contribution in [0.2, 0.25) is 0 Å². The first kappa shape index (κ1) is 20.4. The number of benzene rings is 2. The topological polar surface area (TPSA) is 114 Å². The van der Waals surface area contributed by atoms with Gasteiger partial charge in [0, 0.05) is 24.9 Å². The third kappa shape index (κ3) is 3.18. The monoisotopic (exact) mass is 410 g/mol. The fourth-order valence-electron chi connectivity index (χ4n) is 4.83. The Balaban J connectivity index is 1.90. The Morgan fingerprint density at radius 1 is 1.10 bits per heavy atom. The largest absolute Gasteiger partial charge is 0.478 e. The molecule has 1 heterocycles. The summed E-state index contributed by atoms with van der Waals surface area (Å²) in [4.78, 5) is 14.1. The molecule has 2 aromatic rings. The summed E-state index contributed by atoms with van der Waals surface area (Å²) in [5.41, 5.74) is 7.73. The number of aliphatic carboxylic acids is 1. The molecular formula is C25H22N4O2. The van der Waals surface area contributed by atoms with Gasteiger partial charge in [-0.3, -0.25) is 0 Å². The molecule has 3 N–H and O–H groups in total. The first-order chi connectivity index (χ1) is 14.9. The lowest BCUT2D eigenvalue weighted by Gasteiger charge is -2.45. The highest BCUT2D eigenvalue weighted by molar-refractivity contribution is 5.94.